The number of nitrogens with two attached hydrogens (primary N) is 1. The molecule has 6 heteroatoms. The monoisotopic (exact) mass is 282 g/mol. The molecule has 0 saturated carbocycles. The Morgan fingerprint density at radius 2 is 2.21 bits per heavy atom. The number of aliphatic hydroxyl groups excluding tert-OH is 1. The largest absolute Gasteiger partial charge is 0.394 e. The van der Waals surface area contributed by atoms with E-state index < -0.39 is 0 Å². The number of thiocarbonyl (C=S) groups is 1. The third kappa shape index (κ3) is 6.28. The van der Waals surface area contributed by atoms with Crippen LogP contribution in [0.15, 0.2) is 24.3 Å². The number of aliphatic hydroxyl groups is 1. The number of hydrogen-bond donors (Lipinski definition) is 3. The summed E-state index contributed by atoms with van der Waals surface area (Å²) < 4.78 is 5.07. The normalized spacial score (nSPS) is 10.2. The molecule has 104 valence electrons. The molecule has 0 radical (unpaired) electrons. The van der Waals surface area contributed by atoms with Crippen molar-refractivity contribution in [3.8, 4) is 0 Å². The van der Waals surface area contributed by atoms with Gasteiger partial charge in [-0.05, 0) is 18.6 Å². The number of ether oxygens (including phenoxy) is 1. The maximum absolute atomic E-state index is 11.6. The summed E-state index contributed by atoms with van der Waals surface area (Å²) in [6, 6.07) is 7.10. The van der Waals surface area contributed by atoms with Crippen molar-refractivity contribution in [2.24, 2.45) is 5.73 Å². The lowest BCUT2D eigenvalue weighted by Crippen LogP contribution is -2.14. The van der Waals surface area contributed by atoms with Crippen LogP contribution in [0, 0.1) is 0 Å². The summed E-state index contributed by atoms with van der Waals surface area (Å²) in [6.07, 6.45) is 0.976. The van der Waals surface area contributed by atoms with E-state index in [9.17, 15) is 4.79 Å². The number of carbonyl (C=O) groups excluding carboxylic acids is 1. The van der Waals surface area contributed by atoms with Crippen LogP contribution in [0.1, 0.15) is 18.4 Å². The van der Waals surface area contributed by atoms with Gasteiger partial charge in [0.2, 0.25) is 5.91 Å². The Bertz CT molecular complexity index is 438. The summed E-state index contributed by atoms with van der Waals surface area (Å²) in [6.45, 7) is 0.760. The van der Waals surface area contributed by atoms with E-state index in [2.05, 4.69) is 5.32 Å². The summed E-state index contributed by atoms with van der Waals surface area (Å²) in [5, 5.41) is 11.3. The van der Waals surface area contributed by atoms with Crippen LogP contribution in [0.3, 0.4) is 0 Å². The minimum Gasteiger partial charge on any atom is -0.394 e. The van der Waals surface area contributed by atoms with Crippen LogP contribution in [0.25, 0.3) is 0 Å². The third-order valence-electron chi connectivity index (χ3n) is 2.36. The lowest BCUT2D eigenvalue weighted by molar-refractivity contribution is -0.116. The van der Waals surface area contributed by atoms with Gasteiger partial charge >= 0.3 is 0 Å². The predicted molar refractivity (Wildman–Crippen MR) is 78.1 cm³/mol. The van der Waals surface area contributed by atoms with Gasteiger partial charge in [-0.15, -0.1) is 0 Å². The summed E-state index contributed by atoms with van der Waals surface area (Å²) in [4.78, 5) is 11.9. The van der Waals surface area contributed by atoms with Crippen LogP contribution in [0.4, 0.5) is 5.69 Å². The van der Waals surface area contributed by atoms with Crippen LogP contribution in [0.5, 0.6) is 0 Å². The second-order valence-corrected chi connectivity index (χ2v) is 4.37. The molecule has 0 unspecified atom stereocenters. The minimum absolute atomic E-state index is 0.00200. The Balaban J connectivity index is 2.35. The molecule has 0 aliphatic carbocycles. The van der Waals surface area contributed by atoms with Crippen molar-refractivity contribution in [2.75, 3.05) is 25.1 Å². The summed E-state index contributed by atoms with van der Waals surface area (Å²) >= 11 is 4.87. The van der Waals surface area contributed by atoms with E-state index in [0.29, 0.717) is 36.7 Å². The lowest BCUT2D eigenvalue weighted by Gasteiger charge is -2.07. The van der Waals surface area contributed by atoms with Gasteiger partial charge in [0, 0.05) is 24.3 Å². The van der Waals surface area contributed by atoms with E-state index in [1.807, 2.05) is 0 Å². The number of carbonyl (C=O) groups is 1. The summed E-state index contributed by atoms with van der Waals surface area (Å²) in [7, 11) is 0. The highest BCUT2D eigenvalue weighted by molar-refractivity contribution is 7.80. The molecule has 0 spiro atoms. The SMILES string of the molecule is NC(=S)c1cccc(NC(=O)CCCOCCO)c1. The molecule has 0 aromatic heterocycles. The highest BCUT2D eigenvalue weighted by Gasteiger charge is 2.04. The molecule has 1 aromatic rings. The van der Waals surface area contributed by atoms with Crippen LogP contribution in [-0.2, 0) is 9.53 Å². The zero-order valence-corrected chi connectivity index (χ0v) is 11.4. The maximum Gasteiger partial charge on any atom is 0.224 e. The Morgan fingerprint density at radius 3 is 2.89 bits per heavy atom. The maximum atomic E-state index is 11.6. The molecule has 0 aliphatic rings. The molecule has 0 saturated heterocycles. The first kappa shape index (κ1) is 15.6. The quantitative estimate of drug-likeness (QED) is 0.490. The van der Waals surface area contributed by atoms with Crippen LogP contribution >= 0.6 is 12.2 Å². The van der Waals surface area contributed by atoms with Crippen molar-refractivity contribution >= 4 is 28.8 Å². The zero-order valence-electron chi connectivity index (χ0n) is 10.6. The molecule has 0 fully saturated rings. The average molecular weight is 282 g/mol. The Labute approximate surface area is 117 Å². The highest BCUT2D eigenvalue weighted by Crippen LogP contribution is 2.11. The van der Waals surface area contributed by atoms with Gasteiger partial charge in [0.25, 0.3) is 0 Å². The fraction of sp³-hybridized carbons (Fsp3) is 0.385. The van der Waals surface area contributed by atoms with Crippen molar-refractivity contribution in [1.29, 1.82) is 0 Å². The Kier molecular flexibility index (Phi) is 7.02. The first-order valence-electron chi connectivity index (χ1n) is 6.02. The standard InChI is InChI=1S/C13H18N2O3S/c14-13(19)10-3-1-4-11(9-10)15-12(17)5-2-7-18-8-6-16/h1,3-4,9,16H,2,5-8H2,(H2,14,19)(H,15,17). The van der Waals surface area contributed by atoms with E-state index in [1.54, 1.807) is 24.3 Å². The van der Waals surface area contributed by atoms with Gasteiger partial charge in [0.15, 0.2) is 0 Å². The van der Waals surface area contributed by atoms with Gasteiger partial charge in [0.1, 0.15) is 4.99 Å². The van der Waals surface area contributed by atoms with E-state index in [1.165, 1.54) is 0 Å². The van der Waals surface area contributed by atoms with Gasteiger partial charge in [-0.1, -0.05) is 24.4 Å². The fourth-order valence-electron chi connectivity index (χ4n) is 1.48. The molecule has 19 heavy (non-hydrogen) atoms. The van der Waals surface area contributed by atoms with Crippen molar-refractivity contribution in [3.63, 3.8) is 0 Å². The molecule has 4 N–H and O–H groups in total. The first-order valence-corrected chi connectivity index (χ1v) is 6.42. The summed E-state index contributed by atoms with van der Waals surface area (Å²) in [5.74, 6) is -0.0901. The van der Waals surface area contributed by atoms with E-state index in [-0.39, 0.29) is 12.5 Å². The molecule has 5 nitrogen and oxygen atoms in total. The molecule has 0 aliphatic heterocycles. The first-order chi connectivity index (χ1) is 9.13. The predicted octanol–water partition coefficient (Wildman–Crippen LogP) is 1.05. The average Bonchev–Trinajstić information content (AvgIpc) is 2.38. The molecule has 0 atom stereocenters. The fourth-order valence-corrected chi connectivity index (χ4v) is 1.60. The van der Waals surface area contributed by atoms with E-state index in [4.69, 9.17) is 27.8 Å². The number of benzene rings is 1. The Hall–Kier alpha value is -1.50. The van der Waals surface area contributed by atoms with Crippen LogP contribution in [-0.4, -0.2) is 35.8 Å². The van der Waals surface area contributed by atoms with Crippen LogP contribution in [0.2, 0.25) is 0 Å². The number of hydrogen-bond acceptors (Lipinski definition) is 4. The van der Waals surface area contributed by atoms with Crippen molar-refractivity contribution in [1.82, 2.24) is 0 Å². The number of amides is 1. The molecule has 0 heterocycles. The second-order valence-electron chi connectivity index (χ2n) is 3.93. The van der Waals surface area contributed by atoms with Crippen molar-refractivity contribution in [2.45, 2.75) is 12.8 Å². The van der Waals surface area contributed by atoms with Gasteiger partial charge < -0.3 is 20.9 Å². The molecular weight excluding hydrogens is 264 g/mol. The van der Waals surface area contributed by atoms with Gasteiger partial charge in [0.05, 0.1) is 13.2 Å². The molecule has 1 aromatic carbocycles. The van der Waals surface area contributed by atoms with Gasteiger partial charge in [-0.3, -0.25) is 4.79 Å². The van der Waals surface area contributed by atoms with Crippen molar-refractivity contribution in [3.05, 3.63) is 29.8 Å². The number of nitrogens with one attached hydrogen (secondary N) is 1. The van der Waals surface area contributed by atoms with Gasteiger partial charge in [-0.2, -0.15) is 0 Å². The smallest absolute Gasteiger partial charge is 0.224 e. The highest BCUT2D eigenvalue weighted by atomic mass is 32.1. The van der Waals surface area contributed by atoms with E-state index in [0.717, 1.165) is 5.56 Å². The lowest BCUT2D eigenvalue weighted by atomic mass is 10.2. The third-order valence-corrected chi connectivity index (χ3v) is 2.59. The molecular formula is C13H18N2O3S. The number of rotatable bonds is 8. The number of anilines is 1. The Morgan fingerprint density at radius 1 is 1.42 bits per heavy atom. The molecule has 1 amide bonds. The van der Waals surface area contributed by atoms with Crippen LogP contribution < -0.4 is 11.1 Å². The second kappa shape index (κ2) is 8.58. The van der Waals surface area contributed by atoms with E-state index >= 15 is 0 Å². The minimum atomic E-state index is -0.0901. The van der Waals surface area contributed by atoms with Gasteiger partial charge in [-0.25, -0.2) is 0 Å². The topological polar surface area (TPSA) is 84.6 Å². The summed E-state index contributed by atoms with van der Waals surface area (Å²) in [5.41, 5.74) is 6.92. The van der Waals surface area contributed by atoms with Crippen molar-refractivity contribution < 1.29 is 14.6 Å². The molecule has 1 rings (SSSR count). The molecule has 0 bridgehead atoms. The zero-order chi connectivity index (χ0) is 14.1.